The van der Waals surface area contributed by atoms with Gasteiger partial charge in [0.05, 0.1) is 16.1 Å². The number of thiophene rings is 1. The number of rotatable bonds is 2. The molecule has 1 fully saturated rings. The summed E-state index contributed by atoms with van der Waals surface area (Å²) in [5.41, 5.74) is 0.885. The number of anilines is 1. The molecule has 0 aliphatic carbocycles. The van der Waals surface area contributed by atoms with Crippen molar-refractivity contribution in [2.24, 2.45) is 5.92 Å². The molecule has 84 valence electrons. The van der Waals surface area contributed by atoms with Crippen LogP contribution >= 0.6 is 11.3 Å². The second-order valence-corrected chi connectivity index (χ2v) is 4.75. The zero-order chi connectivity index (χ0) is 11.1. The van der Waals surface area contributed by atoms with E-state index in [1.807, 2.05) is 16.3 Å². The molecular weight excluding hydrogens is 232 g/mol. The molecule has 0 aromatic carbocycles. The maximum Gasteiger partial charge on any atom is 0.244 e. The van der Waals surface area contributed by atoms with Gasteiger partial charge in [-0.05, 0) is 11.4 Å². The maximum atomic E-state index is 12.4. The SMILES string of the molecule is FC(F)C1CN(c2ncnc3ccsc23)C1. The van der Waals surface area contributed by atoms with Gasteiger partial charge in [-0.25, -0.2) is 18.7 Å². The Balaban J connectivity index is 1.88. The van der Waals surface area contributed by atoms with Gasteiger partial charge in [0, 0.05) is 13.1 Å². The lowest BCUT2D eigenvalue weighted by Gasteiger charge is -2.39. The van der Waals surface area contributed by atoms with E-state index in [-0.39, 0.29) is 0 Å². The molecule has 0 N–H and O–H groups in total. The summed E-state index contributed by atoms with van der Waals surface area (Å²) in [6.45, 7) is 0.781. The van der Waals surface area contributed by atoms with E-state index in [0.717, 1.165) is 16.0 Å². The summed E-state index contributed by atoms with van der Waals surface area (Å²) < 4.78 is 25.7. The molecule has 0 saturated carbocycles. The van der Waals surface area contributed by atoms with Crippen LogP contribution in [-0.2, 0) is 0 Å². The van der Waals surface area contributed by atoms with Gasteiger partial charge in [-0.2, -0.15) is 0 Å². The van der Waals surface area contributed by atoms with Crippen LogP contribution in [0.1, 0.15) is 0 Å². The third-order valence-corrected chi connectivity index (χ3v) is 3.69. The molecule has 1 aliphatic heterocycles. The molecule has 2 aromatic rings. The first-order chi connectivity index (χ1) is 7.75. The number of halogens is 2. The molecule has 3 rings (SSSR count). The van der Waals surface area contributed by atoms with Crippen LogP contribution in [-0.4, -0.2) is 29.5 Å². The van der Waals surface area contributed by atoms with E-state index in [9.17, 15) is 8.78 Å². The Morgan fingerprint density at radius 1 is 1.38 bits per heavy atom. The van der Waals surface area contributed by atoms with E-state index >= 15 is 0 Å². The standard InChI is InChI=1S/C10H9F2N3S/c11-9(12)6-3-15(4-6)10-8-7(1-2-16-8)13-5-14-10/h1-2,5-6,9H,3-4H2. The Labute approximate surface area is 94.7 Å². The minimum Gasteiger partial charge on any atom is -0.354 e. The monoisotopic (exact) mass is 241 g/mol. The Bertz CT molecular complexity index is 507. The van der Waals surface area contributed by atoms with Crippen LogP contribution in [0.2, 0.25) is 0 Å². The first-order valence-corrected chi connectivity index (χ1v) is 5.85. The topological polar surface area (TPSA) is 29.0 Å². The van der Waals surface area contributed by atoms with Crippen molar-refractivity contribution in [1.82, 2.24) is 9.97 Å². The largest absolute Gasteiger partial charge is 0.354 e. The van der Waals surface area contributed by atoms with Crippen molar-refractivity contribution in [1.29, 1.82) is 0 Å². The number of hydrogen-bond donors (Lipinski definition) is 0. The summed E-state index contributed by atoms with van der Waals surface area (Å²) >= 11 is 1.55. The van der Waals surface area contributed by atoms with E-state index in [4.69, 9.17) is 0 Å². The second kappa shape index (κ2) is 3.62. The van der Waals surface area contributed by atoms with Crippen molar-refractivity contribution in [3.8, 4) is 0 Å². The Hall–Kier alpha value is -1.30. The van der Waals surface area contributed by atoms with Crippen molar-refractivity contribution in [2.45, 2.75) is 6.43 Å². The van der Waals surface area contributed by atoms with Crippen molar-refractivity contribution >= 4 is 27.4 Å². The average Bonchev–Trinajstić information content (AvgIpc) is 2.63. The van der Waals surface area contributed by atoms with E-state index in [0.29, 0.717) is 13.1 Å². The van der Waals surface area contributed by atoms with Crippen molar-refractivity contribution in [2.75, 3.05) is 18.0 Å². The molecule has 3 heterocycles. The molecule has 0 amide bonds. The molecule has 3 nitrogen and oxygen atoms in total. The predicted molar refractivity (Wildman–Crippen MR) is 59.1 cm³/mol. The summed E-state index contributed by atoms with van der Waals surface area (Å²) in [4.78, 5) is 10.2. The fraction of sp³-hybridized carbons (Fsp3) is 0.400. The highest BCUT2D eigenvalue weighted by atomic mass is 32.1. The van der Waals surface area contributed by atoms with Gasteiger partial charge in [0.25, 0.3) is 0 Å². The fourth-order valence-corrected chi connectivity index (χ4v) is 2.71. The Morgan fingerprint density at radius 3 is 2.94 bits per heavy atom. The molecule has 0 bridgehead atoms. The lowest BCUT2D eigenvalue weighted by atomic mass is 10.0. The Kier molecular flexibility index (Phi) is 2.24. The van der Waals surface area contributed by atoms with Crippen LogP contribution in [0.25, 0.3) is 10.2 Å². The van der Waals surface area contributed by atoms with Crippen LogP contribution in [0, 0.1) is 5.92 Å². The minimum absolute atomic E-state index is 0.391. The molecule has 0 atom stereocenters. The van der Waals surface area contributed by atoms with E-state index < -0.39 is 12.3 Å². The summed E-state index contributed by atoms with van der Waals surface area (Å²) in [6.07, 6.45) is -0.739. The summed E-state index contributed by atoms with van der Waals surface area (Å²) in [5, 5.41) is 1.94. The van der Waals surface area contributed by atoms with Gasteiger partial charge in [0.1, 0.15) is 12.1 Å². The third-order valence-electron chi connectivity index (χ3n) is 2.79. The summed E-state index contributed by atoms with van der Waals surface area (Å²) in [5.74, 6) is 0.280. The highest BCUT2D eigenvalue weighted by Gasteiger charge is 2.35. The van der Waals surface area contributed by atoms with Crippen molar-refractivity contribution in [3.63, 3.8) is 0 Å². The van der Waals surface area contributed by atoms with Crippen LogP contribution in [0.15, 0.2) is 17.8 Å². The predicted octanol–water partition coefficient (Wildman–Crippen LogP) is 2.39. The molecule has 0 radical (unpaired) electrons. The minimum atomic E-state index is -2.23. The van der Waals surface area contributed by atoms with Gasteiger partial charge < -0.3 is 4.90 Å². The van der Waals surface area contributed by atoms with Crippen LogP contribution in [0.5, 0.6) is 0 Å². The van der Waals surface area contributed by atoms with E-state index in [2.05, 4.69) is 9.97 Å². The van der Waals surface area contributed by atoms with Crippen molar-refractivity contribution in [3.05, 3.63) is 17.8 Å². The first-order valence-electron chi connectivity index (χ1n) is 4.97. The molecular formula is C10H9F2N3S. The van der Waals surface area contributed by atoms with Gasteiger partial charge in [0.2, 0.25) is 6.43 Å². The number of alkyl halides is 2. The highest BCUT2D eigenvalue weighted by molar-refractivity contribution is 7.17. The molecule has 1 aliphatic rings. The van der Waals surface area contributed by atoms with Crippen molar-refractivity contribution < 1.29 is 8.78 Å². The molecule has 16 heavy (non-hydrogen) atoms. The lowest BCUT2D eigenvalue weighted by molar-refractivity contribution is 0.0612. The zero-order valence-corrected chi connectivity index (χ0v) is 9.12. The number of fused-ring (bicyclic) bond motifs is 1. The van der Waals surface area contributed by atoms with Crippen LogP contribution < -0.4 is 4.90 Å². The molecule has 0 spiro atoms. The smallest absolute Gasteiger partial charge is 0.244 e. The zero-order valence-electron chi connectivity index (χ0n) is 8.31. The number of hydrogen-bond acceptors (Lipinski definition) is 4. The molecule has 6 heteroatoms. The normalized spacial score (nSPS) is 17.1. The Morgan fingerprint density at radius 2 is 2.19 bits per heavy atom. The van der Waals surface area contributed by atoms with Gasteiger partial charge in [-0.3, -0.25) is 0 Å². The summed E-state index contributed by atoms with van der Waals surface area (Å²) in [6, 6.07) is 1.91. The molecule has 0 unspecified atom stereocenters. The fourth-order valence-electron chi connectivity index (χ4n) is 1.85. The highest BCUT2D eigenvalue weighted by Crippen LogP contribution is 2.33. The summed E-state index contributed by atoms with van der Waals surface area (Å²) in [7, 11) is 0. The molecule has 1 saturated heterocycles. The number of aromatic nitrogens is 2. The van der Waals surface area contributed by atoms with E-state index in [1.165, 1.54) is 6.33 Å². The van der Waals surface area contributed by atoms with Gasteiger partial charge in [0.15, 0.2) is 0 Å². The number of nitrogens with zero attached hydrogens (tertiary/aromatic N) is 3. The lowest BCUT2D eigenvalue weighted by Crippen LogP contribution is -2.50. The van der Waals surface area contributed by atoms with Gasteiger partial charge in [-0.1, -0.05) is 0 Å². The quantitative estimate of drug-likeness (QED) is 0.808. The van der Waals surface area contributed by atoms with Gasteiger partial charge in [-0.15, -0.1) is 11.3 Å². The van der Waals surface area contributed by atoms with Crippen LogP contribution in [0.4, 0.5) is 14.6 Å². The molecule has 2 aromatic heterocycles. The van der Waals surface area contributed by atoms with Crippen LogP contribution in [0.3, 0.4) is 0 Å². The maximum absolute atomic E-state index is 12.4. The second-order valence-electron chi connectivity index (χ2n) is 3.83. The van der Waals surface area contributed by atoms with E-state index in [1.54, 1.807) is 11.3 Å². The third kappa shape index (κ3) is 1.44. The first kappa shape index (κ1) is 9.89. The van der Waals surface area contributed by atoms with Gasteiger partial charge >= 0.3 is 0 Å². The average molecular weight is 241 g/mol.